The first-order valence-electron chi connectivity index (χ1n) is 8.46. The van der Waals surface area contributed by atoms with Crippen molar-refractivity contribution < 1.29 is 29.5 Å². The highest BCUT2D eigenvalue weighted by atomic mass is 16.6. The summed E-state index contributed by atoms with van der Waals surface area (Å²) in [5.74, 6) is -1.13. The van der Waals surface area contributed by atoms with Crippen molar-refractivity contribution in [3.05, 3.63) is 23.3 Å². The molecule has 1 aliphatic heterocycles. The van der Waals surface area contributed by atoms with Crippen LogP contribution >= 0.6 is 0 Å². The number of anilines is 1. The summed E-state index contributed by atoms with van der Waals surface area (Å²) >= 11 is 0. The minimum absolute atomic E-state index is 0.0279. The zero-order valence-corrected chi connectivity index (χ0v) is 15.5. The summed E-state index contributed by atoms with van der Waals surface area (Å²) in [6.07, 6.45) is -0.376. The van der Waals surface area contributed by atoms with Crippen molar-refractivity contribution in [1.82, 2.24) is 4.90 Å². The molecule has 0 spiro atoms. The molecule has 3 N–H and O–H groups in total. The Hall–Kier alpha value is -2.26. The summed E-state index contributed by atoms with van der Waals surface area (Å²) in [4.78, 5) is 27.1. The fourth-order valence-electron chi connectivity index (χ4n) is 2.87. The van der Waals surface area contributed by atoms with Gasteiger partial charge in [-0.05, 0) is 50.9 Å². The summed E-state index contributed by atoms with van der Waals surface area (Å²) in [6.45, 7) is 8.81. The largest absolute Gasteiger partial charge is 0.488 e. The van der Waals surface area contributed by atoms with Crippen LogP contribution in [0.2, 0.25) is 0 Å². The van der Waals surface area contributed by atoms with E-state index in [4.69, 9.17) is 4.74 Å². The molecule has 8 nitrogen and oxygen atoms in total. The number of hydrogen-bond acceptors (Lipinski definition) is 6. The van der Waals surface area contributed by atoms with Crippen LogP contribution in [0.1, 0.15) is 36.7 Å². The normalized spacial score (nSPS) is 15.0. The third-order valence-corrected chi connectivity index (χ3v) is 4.24. The van der Waals surface area contributed by atoms with Crippen molar-refractivity contribution in [1.29, 1.82) is 0 Å². The van der Waals surface area contributed by atoms with E-state index in [-0.39, 0.29) is 17.1 Å². The van der Waals surface area contributed by atoms with E-state index < -0.39 is 18.7 Å². The molecule has 0 unspecified atom stereocenters. The Morgan fingerprint density at radius 3 is 2.15 bits per heavy atom. The Kier molecular flexibility index (Phi) is 5.82. The third kappa shape index (κ3) is 4.67. The van der Waals surface area contributed by atoms with Crippen LogP contribution in [0.15, 0.2) is 12.1 Å². The molecule has 1 fully saturated rings. The maximum Gasteiger partial charge on any atom is 0.488 e. The van der Waals surface area contributed by atoms with Gasteiger partial charge in [-0.1, -0.05) is 0 Å². The van der Waals surface area contributed by atoms with Crippen LogP contribution in [0.4, 0.5) is 10.5 Å². The fourth-order valence-corrected chi connectivity index (χ4v) is 2.87. The first-order valence-corrected chi connectivity index (χ1v) is 8.46. The number of hydrogen-bond donors (Lipinski definition) is 3. The predicted octanol–water partition coefficient (Wildman–Crippen LogP) is 0.430. The van der Waals surface area contributed by atoms with Crippen molar-refractivity contribution in [3.8, 4) is 0 Å². The van der Waals surface area contributed by atoms with Crippen LogP contribution in [0.25, 0.3) is 0 Å². The minimum atomic E-state index is -1.75. The van der Waals surface area contributed by atoms with Gasteiger partial charge in [0.05, 0.1) is 5.56 Å². The molecule has 1 amide bonds. The average molecular weight is 364 g/mol. The second-order valence-electron chi connectivity index (χ2n) is 7.34. The summed E-state index contributed by atoms with van der Waals surface area (Å²) in [6, 6.07) is 3.10. The first kappa shape index (κ1) is 20.1. The number of carbonyl (C=O) groups is 2. The Labute approximate surface area is 153 Å². The van der Waals surface area contributed by atoms with Gasteiger partial charge in [-0.25, -0.2) is 9.59 Å². The standard InChI is InChI=1S/C17H25BN2O6/c1-11-13(15(21)22)9-12(10-14(11)18(24)25)19-5-7-20(8-6-19)16(23)26-17(2,3)4/h9-10,24-25H,5-8H2,1-4H3,(H,21,22). The highest BCUT2D eigenvalue weighted by Crippen LogP contribution is 2.21. The van der Waals surface area contributed by atoms with Crippen molar-refractivity contribution in [2.24, 2.45) is 0 Å². The zero-order chi connectivity index (χ0) is 19.6. The Bertz CT molecular complexity index is 693. The number of piperazine rings is 1. The third-order valence-electron chi connectivity index (χ3n) is 4.24. The summed E-state index contributed by atoms with van der Waals surface area (Å²) in [5, 5.41) is 28.4. The fraction of sp³-hybridized carbons (Fsp3) is 0.529. The lowest BCUT2D eigenvalue weighted by atomic mass is 9.75. The molecule has 1 aromatic rings. The van der Waals surface area contributed by atoms with E-state index in [0.717, 1.165) is 0 Å². The number of rotatable bonds is 3. The van der Waals surface area contributed by atoms with Crippen LogP contribution in [0.5, 0.6) is 0 Å². The predicted molar refractivity (Wildman–Crippen MR) is 98.0 cm³/mol. The van der Waals surface area contributed by atoms with Gasteiger partial charge < -0.3 is 29.7 Å². The summed E-state index contributed by atoms with van der Waals surface area (Å²) < 4.78 is 5.36. The highest BCUT2D eigenvalue weighted by molar-refractivity contribution is 6.59. The van der Waals surface area contributed by atoms with Crippen LogP contribution in [-0.2, 0) is 4.74 Å². The van der Waals surface area contributed by atoms with Gasteiger partial charge in [-0.3, -0.25) is 0 Å². The number of benzene rings is 1. The van der Waals surface area contributed by atoms with Gasteiger partial charge in [0.25, 0.3) is 0 Å². The first-order chi connectivity index (χ1) is 12.0. The maximum atomic E-state index is 12.1. The number of ether oxygens (including phenoxy) is 1. The lowest BCUT2D eigenvalue weighted by molar-refractivity contribution is 0.0240. The molecular weight excluding hydrogens is 339 g/mol. The number of carboxylic acids is 1. The van der Waals surface area contributed by atoms with E-state index >= 15 is 0 Å². The molecule has 0 radical (unpaired) electrons. The monoisotopic (exact) mass is 364 g/mol. The van der Waals surface area contributed by atoms with Crippen molar-refractivity contribution in [2.45, 2.75) is 33.3 Å². The molecule has 1 aliphatic rings. The highest BCUT2D eigenvalue weighted by Gasteiger charge is 2.28. The number of carboxylic acid groups (broad SMARTS) is 1. The van der Waals surface area contributed by atoms with E-state index in [1.165, 1.54) is 6.07 Å². The maximum absolute atomic E-state index is 12.1. The molecule has 1 aromatic carbocycles. The van der Waals surface area contributed by atoms with Gasteiger partial charge in [0, 0.05) is 31.9 Å². The number of carbonyl (C=O) groups excluding carboxylic acids is 1. The van der Waals surface area contributed by atoms with Crippen molar-refractivity contribution >= 4 is 30.3 Å². The van der Waals surface area contributed by atoms with E-state index in [1.807, 2.05) is 25.7 Å². The van der Waals surface area contributed by atoms with Gasteiger partial charge in [0.1, 0.15) is 5.60 Å². The molecule has 1 heterocycles. The van der Waals surface area contributed by atoms with Crippen LogP contribution in [0.3, 0.4) is 0 Å². The Morgan fingerprint density at radius 1 is 1.12 bits per heavy atom. The number of aromatic carboxylic acids is 1. The molecule has 0 saturated carbocycles. The van der Waals surface area contributed by atoms with Crippen LogP contribution in [0, 0.1) is 6.92 Å². The zero-order valence-electron chi connectivity index (χ0n) is 15.5. The van der Waals surface area contributed by atoms with Gasteiger partial charge >= 0.3 is 19.2 Å². The van der Waals surface area contributed by atoms with Crippen molar-refractivity contribution in [2.75, 3.05) is 31.1 Å². The number of nitrogens with zero attached hydrogens (tertiary/aromatic N) is 2. The van der Waals surface area contributed by atoms with Gasteiger partial charge in [-0.15, -0.1) is 0 Å². The average Bonchev–Trinajstić information content (AvgIpc) is 2.53. The summed E-state index contributed by atoms with van der Waals surface area (Å²) in [7, 11) is -1.75. The van der Waals surface area contributed by atoms with Gasteiger partial charge in [0.15, 0.2) is 0 Å². The Morgan fingerprint density at radius 2 is 1.69 bits per heavy atom. The molecule has 1 saturated heterocycles. The van der Waals surface area contributed by atoms with Gasteiger partial charge in [0.2, 0.25) is 0 Å². The molecule has 9 heteroatoms. The molecule has 0 aromatic heterocycles. The quantitative estimate of drug-likeness (QED) is 0.667. The Balaban J connectivity index is 2.16. The lowest BCUT2D eigenvalue weighted by Gasteiger charge is -2.37. The summed E-state index contributed by atoms with van der Waals surface area (Å²) in [5.41, 5.74) is 0.534. The minimum Gasteiger partial charge on any atom is -0.478 e. The van der Waals surface area contributed by atoms with Crippen LogP contribution in [-0.4, -0.2) is 71.0 Å². The second-order valence-corrected chi connectivity index (χ2v) is 7.34. The van der Waals surface area contributed by atoms with Crippen molar-refractivity contribution in [3.63, 3.8) is 0 Å². The van der Waals surface area contributed by atoms with E-state index in [1.54, 1.807) is 17.9 Å². The molecule has 2 rings (SSSR count). The molecule has 26 heavy (non-hydrogen) atoms. The lowest BCUT2D eigenvalue weighted by Crippen LogP contribution is -2.50. The molecule has 142 valence electrons. The van der Waals surface area contributed by atoms with Gasteiger partial charge in [-0.2, -0.15) is 0 Å². The second kappa shape index (κ2) is 7.55. The molecule has 0 bridgehead atoms. The van der Waals surface area contributed by atoms with E-state index in [2.05, 4.69) is 0 Å². The molecular formula is C17H25BN2O6. The van der Waals surface area contributed by atoms with E-state index in [9.17, 15) is 24.7 Å². The van der Waals surface area contributed by atoms with E-state index in [0.29, 0.717) is 37.4 Å². The molecule has 0 atom stereocenters. The number of amides is 1. The topological polar surface area (TPSA) is 111 Å². The van der Waals surface area contributed by atoms with Crippen LogP contribution < -0.4 is 10.4 Å². The SMILES string of the molecule is Cc1c(B(O)O)cc(N2CCN(C(=O)OC(C)(C)C)CC2)cc1C(=O)O. The smallest absolute Gasteiger partial charge is 0.478 e. The molecule has 0 aliphatic carbocycles.